The van der Waals surface area contributed by atoms with Crippen molar-refractivity contribution in [1.82, 2.24) is 4.98 Å². The number of benzene rings is 1. The first-order valence-electron chi connectivity index (χ1n) is 12.0. The molecule has 5 nitrogen and oxygen atoms in total. The van der Waals surface area contributed by atoms with E-state index in [4.69, 9.17) is 4.74 Å². The number of para-hydroxylation sites is 1. The SMILES string of the molecule is CCCCCCCCCCCCC(Sc1ccccc1OCNc1cccnc1)C(=O)O. The van der Waals surface area contributed by atoms with Crippen molar-refractivity contribution >= 4 is 23.4 Å². The largest absolute Gasteiger partial charge is 0.480 e. The van der Waals surface area contributed by atoms with Gasteiger partial charge < -0.3 is 15.2 Å². The lowest BCUT2D eigenvalue weighted by molar-refractivity contribution is -0.136. The molecule has 1 aromatic heterocycles. The zero-order valence-corrected chi connectivity index (χ0v) is 20.1. The van der Waals surface area contributed by atoms with E-state index in [0.29, 0.717) is 18.9 Å². The maximum atomic E-state index is 11.8. The number of nitrogens with zero attached hydrogens (tertiary/aromatic N) is 1. The lowest BCUT2D eigenvalue weighted by atomic mass is 10.1. The molecule has 1 atom stereocenters. The van der Waals surface area contributed by atoms with Gasteiger partial charge in [-0.1, -0.05) is 83.3 Å². The minimum absolute atomic E-state index is 0.291. The lowest BCUT2D eigenvalue weighted by Gasteiger charge is -2.16. The van der Waals surface area contributed by atoms with Crippen molar-refractivity contribution in [3.63, 3.8) is 0 Å². The van der Waals surface area contributed by atoms with E-state index < -0.39 is 11.2 Å². The molecule has 2 rings (SSSR count). The Morgan fingerprint density at radius 2 is 1.69 bits per heavy atom. The molecule has 1 aromatic carbocycles. The van der Waals surface area contributed by atoms with Crippen LogP contribution in [0, 0.1) is 0 Å². The number of aromatic nitrogens is 1. The second-order valence-electron chi connectivity index (χ2n) is 8.07. The number of anilines is 1. The summed E-state index contributed by atoms with van der Waals surface area (Å²) in [5.74, 6) is -0.0579. The predicted octanol–water partition coefficient (Wildman–Crippen LogP) is 7.39. The number of unbranched alkanes of at least 4 members (excludes halogenated alkanes) is 9. The number of pyridine rings is 1. The Morgan fingerprint density at radius 1 is 1.00 bits per heavy atom. The van der Waals surface area contributed by atoms with Crippen LogP contribution < -0.4 is 10.1 Å². The number of carboxylic acid groups (broad SMARTS) is 1. The van der Waals surface area contributed by atoms with Crippen LogP contribution in [-0.2, 0) is 4.79 Å². The van der Waals surface area contributed by atoms with Crippen molar-refractivity contribution < 1.29 is 14.6 Å². The number of thioether (sulfide) groups is 1. The second-order valence-corrected chi connectivity index (χ2v) is 9.31. The lowest BCUT2D eigenvalue weighted by Crippen LogP contribution is -2.16. The summed E-state index contributed by atoms with van der Waals surface area (Å²) in [4.78, 5) is 16.8. The van der Waals surface area contributed by atoms with Gasteiger partial charge in [0.05, 0.1) is 16.8 Å². The molecule has 6 heteroatoms. The zero-order valence-electron chi connectivity index (χ0n) is 19.3. The number of hydrogen-bond acceptors (Lipinski definition) is 5. The van der Waals surface area contributed by atoms with E-state index in [1.165, 1.54) is 63.1 Å². The van der Waals surface area contributed by atoms with Crippen LogP contribution in [0.4, 0.5) is 5.69 Å². The van der Waals surface area contributed by atoms with E-state index in [1.807, 2.05) is 36.4 Å². The van der Waals surface area contributed by atoms with Crippen LogP contribution in [0.5, 0.6) is 5.75 Å². The highest BCUT2D eigenvalue weighted by Crippen LogP contribution is 2.34. The fourth-order valence-electron chi connectivity index (χ4n) is 3.53. The molecule has 1 unspecified atom stereocenters. The van der Waals surface area contributed by atoms with Gasteiger partial charge in [0.25, 0.3) is 0 Å². The van der Waals surface area contributed by atoms with Gasteiger partial charge in [-0.3, -0.25) is 9.78 Å². The van der Waals surface area contributed by atoms with Crippen molar-refractivity contribution in [2.75, 3.05) is 12.0 Å². The third-order valence-corrected chi connectivity index (χ3v) is 6.69. The number of ether oxygens (including phenoxy) is 1. The summed E-state index contributed by atoms with van der Waals surface area (Å²) in [6, 6.07) is 11.4. The van der Waals surface area contributed by atoms with Crippen molar-refractivity contribution in [2.45, 2.75) is 87.7 Å². The van der Waals surface area contributed by atoms with Gasteiger partial charge in [0.2, 0.25) is 0 Å². The first-order valence-corrected chi connectivity index (χ1v) is 12.8. The van der Waals surface area contributed by atoms with Gasteiger partial charge in [-0.25, -0.2) is 0 Å². The van der Waals surface area contributed by atoms with Crippen molar-refractivity contribution in [3.05, 3.63) is 48.8 Å². The summed E-state index contributed by atoms with van der Waals surface area (Å²) < 4.78 is 5.87. The average molecular weight is 459 g/mol. The number of hydrogen-bond donors (Lipinski definition) is 2. The number of aliphatic carboxylic acids is 1. The second kappa shape index (κ2) is 16.4. The molecule has 0 saturated carbocycles. The van der Waals surface area contributed by atoms with Crippen LogP contribution in [0.1, 0.15) is 77.6 Å². The van der Waals surface area contributed by atoms with Gasteiger partial charge in [-0.2, -0.15) is 0 Å². The van der Waals surface area contributed by atoms with Crippen molar-refractivity contribution in [3.8, 4) is 5.75 Å². The molecular weight excluding hydrogens is 420 g/mol. The molecule has 2 N–H and O–H groups in total. The van der Waals surface area contributed by atoms with Crippen molar-refractivity contribution in [2.24, 2.45) is 0 Å². The van der Waals surface area contributed by atoms with Gasteiger partial charge in [0.15, 0.2) is 6.73 Å². The molecule has 2 aromatic rings. The number of rotatable bonds is 18. The molecule has 0 fully saturated rings. The molecule has 0 aliphatic heterocycles. The summed E-state index contributed by atoms with van der Waals surface area (Å²) in [7, 11) is 0. The Bertz CT molecular complexity index is 758. The number of nitrogens with one attached hydrogen (secondary N) is 1. The highest BCUT2D eigenvalue weighted by atomic mass is 32.2. The summed E-state index contributed by atoms with van der Waals surface area (Å²) in [5, 5.41) is 12.4. The van der Waals surface area contributed by atoms with E-state index >= 15 is 0 Å². The molecule has 32 heavy (non-hydrogen) atoms. The minimum Gasteiger partial charge on any atom is -0.480 e. The summed E-state index contributed by atoms with van der Waals surface area (Å²) >= 11 is 1.38. The molecular formula is C26H38N2O3S. The van der Waals surface area contributed by atoms with Gasteiger partial charge in [0, 0.05) is 6.20 Å². The highest BCUT2D eigenvalue weighted by molar-refractivity contribution is 8.00. The Balaban J connectivity index is 1.71. The maximum absolute atomic E-state index is 11.8. The topological polar surface area (TPSA) is 71.5 Å². The van der Waals surface area contributed by atoms with Gasteiger partial charge >= 0.3 is 5.97 Å². The van der Waals surface area contributed by atoms with E-state index in [0.717, 1.165) is 23.4 Å². The standard InChI is InChI=1S/C26H38N2O3S/c1-2-3-4-5-6-7-8-9-10-11-18-25(26(29)30)32-24-17-13-12-16-23(24)31-21-28-22-15-14-19-27-20-22/h12-17,19-20,25,28H,2-11,18,21H2,1H3,(H,29,30). The van der Waals surface area contributed by atoms with E-state index in [1.54, 1.807) is 12.4 Å². The zero-order chi connectivity index (χ0) is 22.9. The summed E-state index contributed by atoms with van der Waals surface area (Å²) in [6.45, 7) is 2.54. The molecule has 1 heterocycles. The first-order chi connectivity index (χ1) is 15.7. The number of carboxylic acids is 1. The molecule has 0 spiro atoms. The molecule has 0 aliphatic carbocycles. The Morgan fingerprint density at radius 3 is 2.34 bits per heavy atom. The predicted molar refractivity (Wildman–Crippen MR) is 134 cm³/mol. The monoisotopic (exact) mass is 458 g/mol. The summed E-state index contributed by atoms with van der Waals surface area (Å²) in [6.07, 6.45) is 16.6. The van der Waals surface area contributed by atoms with Crippen LogP contribution in [0.2, 0.25) is 0 Å². The van der Waals surface area contributed by atoms with Crippen LogP contribution in [0.3, 0.4) is 0 Å². The van der Waals surface area contributed by atoms with Crippen LogP contribution in [-0.4, -0.2) is 28.0 Å². The fourth-order valence-corrected chi connectivity index (χ4v) is 4.63. The van der Waals surface area contributed by atoms with E-state index in [-0.39, 0.29) is 0 Å². The molecule has 0 saturated heterocycles. The molecule has 176 valence electrons. The summed E-state index contributed by atoms with van der Waals surface area (Å²) in [5.41, 5.74) is 0.877. The van der Waals surface area contributed by atoms with Gasteiger partial charge in [0.1, 0.15) is 11.0 Å². The fraction of sp³-hybridized carbons (Fsp3) is 0.538. The van der Waals surface area contributed by atoms with E-state index in [9.17, 15) is 9.90 Å². The molecule has 0 amide bonds. The molecule has 0 bridgehead atoms. The highest BCUT2D eigenvalue weighted by Gasteiger charge is 2.20. The third-order valence-electron chi connectivity index (χ3n) is 5.38. The Hall–Kier alpha value is -2.21. The first kappa shape index (κ1) is 26.0. The van der Waals surface area contributed by atoms with Crippen LogP contribution >= 0.6 is 11.8 Å². The van der Waals surface area contributed by atoms with Gasteiger partial charge in [-0.15, -0.1) is 11.8 Å². The minimum atomic E-state index is -0.755. The van der Waals surface area contributed by atoms with Gasteiger partial charge in [-0.05, 0) is 30.7 Å². The number of carbonyl (C=O) groups is 1. The third kappa shape index (κ3) is 10.9. The normalized spacial score (nSPS) is 11.8. The maximum Gasteiger partial charge on any atom is 0.316 e. The van der Waals surface area contributed by atoms with Crippen molar-refractivity contribution in [1.29, 1.82) is 0 Å². The smallest absolute Gasteiger partial charge is 0.316 e. The van der Waals surface area contributed by atoms with Crippen LogP contribution in [0.25, 0.3) is 0 Å². The average Bonchev–Trinajstić information content (AvgIpc) is 2.81. The molecule has 0 radical (unpaired) electrons. The van der Waals surface area contributed by atoms with E-state index in [2.05, 4.69) is 17.2 Å². The van der Waals surface area contributed by atoms with Crippen LogP contribution in [0.15, 0.2) is 53.7 Å². The Kier molecular flexibility index (Phi) is 13.4. The molecule has 0 aliphatic rings. The Labute approximate surface area is 197 Å². The quantitative estimate of drug-likeness (QED) is 0.138.